The molecule has 2 N–H and O–H groups in total. The number of likely N-dealkylation sites (tertiary alicyclic amines) is 1. The average Bonchev–Trinajstić information content (AvgIpc) is 2.79. The Hall–Kier alpha value is -2.09. The quantitative estimate of drug-likeness (QED) is 0.852. The van der Waals surface area contributed by atoms with Crippen LogP contribution in [0.4, 0.5) is 13.2 Å². The van der Waals surface area contributed by atoms with E-state index in [1.165, 1.54) is 6.92 Å². The van der Waals surface area contributed by atoms with Crippen molar-refractivity contribution in [2.24, 2.45) is 0 Å². The fraction of sp³-hybridized carbons (Fsp3) is 0.500. The molecule has 2 unspecified atom stereocenters. The van der Waals surface area contributed by atoms with Crippen molar-refractivity contribution in [3.8, 4) is 0 Å². The first-order chi connectivity index (χ1) is 11.1. The number of carbonyl (C=O) groups is 2. The molecule has 2 amide bonds. The van der Waals surface area contributed by atoms with Gasteiger partial charge < -0.3 is 15.3 Å². The van der Waals surface area contributed by atoms with E-state index in [9.17, 15) is 27.9 Å². The van der Waals surface area contributed by atoms with Gasteiger partial charge in [0.15, 0.2) is 0 Å². The third-order valence-corrected chi connectivity index (χ3v) is 3.90. The van der Waals surface area contributed by atoms with Crippen LogP contribution in [0.1, 0.15) is 25.3 Å². The second-order valence-corrected chi connectivity index (χ2v) is 6.10. The van der Waals surface area contributed by atoms with Crippen molar-refractivity contribution in [3.63, 3.8) is 0 Å². The Bertz CT molecular complexity index is 602. The number of nitrogens with zero attached hydrogens (tertiary/aromatic N) is 1. The number of amides is 2. The number of aliphatic hydroxyl groups is 1. The van der Waals surface area contributed by atoms with Crippen LogP contribution in [0.15, 0.2) is 30.3 Å². The first-order valence-corrected chi connectivity index (χ1v) is 7.51. The molecule has 0 bridgehead atoms. The summed E-state index contributed by atoms with van der Waals surface area (Å²) in [5, 5.41) is 12.8. The van der Waals surface area contributed by atoms with Crippen LogP contribution in [0.25, 0.3) is 0 Å². The predicted molar refractivity (Wildman–Crippen MR) is 79.8 cm³/mol. The van der Waals surface area contributed by atoms with Crippen LogP contribution in [-0.4, -0.2) is 47.1 Å². The van der Waals surface area contributed by atoms with Crippen LogP contribution in [-0.2, 0) is 15.2 Å². The third-order valence-electron chi connectivity index (χ3n) is 3.90. The first kappa shape index (κ1) is 18.3. The number of halogens is 3. The highest BCUT2D eigenvalue weighted by Crippen LogP contribution is 2.25. The van der Waals surface area contributed by atoms with Gasteiger partial charge in [0.05, 0.1) is 12.0 Å². The summed E-state index contributed by atoms with van der Waals surface area (Å²) in [7, 11) is 0. The molecule has 0 saturated carbocycles. The van der Waals surface area contributed by atoms with Crippen molar-refractivity contribution in [1.29, 1.82) is 0 Å². The van der Waals surface area contributed by atoms with Gasteiger partial charge in [0.1, 0.15) is 12.6 Å². The minimum absolute atomic E-state index is 0.0572. The summed E-state index contributed by atoms with van der Waals surface area (Å²) in [4.78, 5) is 24.6. The Labute approximate surface area is 137 Å². The van der Waals surface area contributed by atoms with Crippen molar-refractivity contribution in [1.82, 2.24) is 10.2 Å². The number of alkyl halides is 3. The Balaban J connectivity index is 1.92. The van der Waals surface area contributed by atoms with E-state index in [2.05, 4.69) is 5.32 Å². The lowest BCUT2D eigenvalue weighted by atomic mass is 9.92. The molecule has 132 valence electrons. The van der Waals surface area contributed by atoms with E-state index in [0.29, 0.717) is 10.5 Å². The maximum Gasteiger partial charge on any atom is 0.406 e. The van der Waals surface area contributed by atoms with Crippen molar-refractivity contribution in [2.45, 2.75) is 37.6 Å². The SMILES string of the molecule is CC(O)(CC(=O)NC1CCN(CC(F)(F)F)C1=O)c1ccccc1. The summed E-state index contributed by atoms with van der Waals surface area (Å²) in [6, 6.07) is 7.56. The van der Waals surface area contributed by atoms with Crippen LogP contribution in [0.2, 0.25) is 0 Å². The molecule has 0 spiro atoms. The standard InChI is InChI=1S/C16H19F3N2O3/c1-15(24,11-5-3-2-4-6-11)9-13(22)20-12-7-8-21(14(12)23)10-16(17,18)19/h2-6,12,24H,7-10H2,1H3,(H,20,22). The van der Waals surface area contributed by atoms with E-state index in [1.54, 1.807) is 30.3 Å². The largest absolute Gasteiger partial charge is 0.406 e. The minimum Gasteiger partial charge on any atom is -0.385 e. The van der Waals surface area contributed by atoms with Gasteiger partial charge in [-0.3, -0.25) is 9.59 Å². The van der Waals surface area contributed by atoms with E-state index < -0.39 is 36.2 Å². The highest BCUT2D eigenvalue weighted by atomic mass is 19.4. The van der Waals surface area contributed by atoms with Gasteiger partial charge in [-0.25, -0.2) is 0 Å². The number of carbonyl (C=O) groups excluding carboxylic acids is 2. The van der Waals surface area contributed by atoms with Gasteiger partial charge in [0.2, 0.25) is 11.8 Å². The molecule has 24 heavy (non-hydrogen) atoms. The second-order valence-electron chi connectivity index (χ2n) is 6.10. The summed E-state index contributed by atoms with van der Waals surface area (Å²) in [5.41, 5.74) is -0.893. The van der Waals surface area contributed by atoms with Crippen LogP contribution >= 0.6 is 0 Å². The lowest BCUT2D eigenvalue weighted by molar-refractivity contribution is -0.158. The van der Waals surface area contributed by atoms with Crippen LogP contribution in [0.5, 0.6) is 0 Å². The number of rotatable bonds is 5. The number of nitrogens with one attached hydrogen (secondary N) is 1. The normalized spacial score (nSPS) is 20.8. The summed E-state index contributed by atoms with van der Waals surface area (Å²) in [6.07, 6.45) is -4.64. The van der Waals surface area contributed by atoms with Crippen molar-refractivity contribution in [3.05, 3.63) is 35.9 Å². The molecule has 0 aromatic heterocycles. The molecule has 0 aliphatic carbocycles. The van der Waals surface area contributed by atoms with Gasteiger partial charge in [0, 0.05) is 6.54 Å². The highest BCUT2D eigenvalue weighted by molar-refractivity contribution is 5.89. The zero-order valence-corrected chi connectivity index (χ0v) is 13.1. The van der Waals surface area contributed by atoms with Gasteiger partial charge in [0.25, 0.3) is 0 Å². The Morgan fingerprint density at radius 3 is 2.54 bits per heavy atom. The molecule has 1 fully saturated rings. The maximum atomic E-state index is 12.4. The van der Waals surface area contributed by atoms with Crippen molar-refractivity contribution < 1.29 is 27.9 Å². The van der Waals surface area contributed by atoms with E-state index in [1.807, 2.05) is 0 Å². The van der Waals surface area contributed by atoms with Crippen LogP contribution in [0, 0.1) is 0 Å². The molecule has 1 aromatic rings. The Morgan fingerprint density at radius 1 is 1.33 bits per heavy atom. The van der Waals surface area contributed by atoms with Gasteiger partial charge in [-0.15, -0.1) is 0 Å². The number of hydrogen-bond acceptors (Lipinski definition) is 3. The Morgan fingerprint density at radius 2 is 1.96 bits per heavy atom. The summed E-state index contributed by atoms with van der Waals surface area (Å²) in [5.74, 6) is -1.34. The lowest BCUT2D eigenvalue weighted by Gasteiger charge is -2.24. The van der Waals surface area contributed by atoms with Gasteiger partial charge in [-0.05, 0) is 18.9 Å². The maximum absolute atomic E-state index is 12.4. The Kier molecular flexibility index (Phi) is 5.17. The highest BCUT2D eigenvalue weighted by Gasteiger charge is 2.40. The van der Waals surface area contributed by atoms with Crippen LogP contribution in [0.3, 0.4) is 0 Å². The summed E-state index contributed by atoms with van der Waals surface area (Å²) in [6.45, 7) is 0.0899. The van der Waals surface area contributed by atoms with E-state index in [4.69, 9.17) is 0 Å². The summed E-state index contributed by atoms with van der Waals surface area (Å²) >= 11 is 0. The molecule has 8 heteroatoms. The van der Waals surface area contributed by atoms with E-state index >= 15 is 0 Å². The zero-order chi connectivity index (χ0) is 18.0. The topological polar surface area (TPSA) is 69.6 Å². The molecular formula is C16H19F3N2O3. The fourth-order valence-electron chi connectivity index (χ4n) is 2.70. The fourth-order valence-corrected chi connectivity index (χ4v) is 2.70. The van der Waals surface area contributed by atoms with E-state index in [-0.39, 0.29) is 19.4 Å². The van der Waals surface area contributed by atoms with Crippen molar-refractivity contribution >= 4 is 11.8 Å². The summed E-state index contributed by atoms with van der Waals surface area (Å²) < 4.78 is 37.1. The lowest BCUT2D eigenvalue weighted by Crippen LogP contribution is -2.45. The minimum atomic E-state index is -4.47. The molecule has 1 aromatic carbocycles. The monoisotopic (exact) mass is 344 g/mol. The molecular weight excluding hydrogens is 325 g/mol. The third kappa shape index (κ3) is 4.70. The molecule has 2 atom stereocenters. The molecule has 5 nitrogen and oxygen atoms in total. The second kappa shape index (κ2) is 6.80. The zero-order valence-electron chi connectivity index (χ0n) is 13.1. The van der Waals surface area contributed by atoms with E-state index in [0.717, 1.165) is 0 Å². The first-order valence-electron chi connectivity index (χ1n) is 7.51. The molecule has 1 saturated heterocycles. The predicted octanol–water partition coefficient (Wildman–Crippen LogP) is 1.56. The molecule has 1 aliphatic heterocycles. The molecule has 2 rings (SSSR count). The van der Waals surface area contributed by atoms with Gasteiger partial charge in [-0.1, -0.05) is 30.3 Å². The van der Waals surface area contributed by atoms with Crippen LogP contribution < -0.4 is 5.32 Å². The van der Waals surface area contributed by atoms with Gasteiger partial charge in [-0.2, -0.15) is 13.2 Å². The molecule has 0 radical (unpaired) electrons. The number of hydrogen-bond donors (Lipinski definition) is 2. The molecule has 1 aliphatic rings. The van der Waals surface area contributed by atoms with Crippen molar-refractivity contribution in [2.75, 3.05) is 13.1 Å². The molecule has 1 heterocycles. The number of benzene rings is 1. The average molecular weight is 344 g/mol. The smallest absolute Gasteiger partial charge is 0.385 e. The van der Waals surface area contributed by atoms with Gasteiger partial charge >= 0.3 is 6.18 Å².